The van der Waals surface area contributed by atoms with Crippen molar-refractivity contribution in [3.05, 3.63) is 35.6 Å². The Morgan fingerprint density at radius 1 is 1.21 bits per heavy atom. The van der Waals surface area contributed by atoms with E-state index < -0.39 is 0 Å². The highest BCUT2D eigenvalue weighted by Gasteiger charge is 2.13. The summed E-state index contributed by atoms with van der Waals surface area (Å²) < 4.78 is 17.2. The standard InChI is InChI=1S/C22H33N3O3/c1-3-23-22(24-11-6-12-27-16-18-9-13-26-14-10-18)25-15-21-17(2)19-7-4-5-8-20(19)28-21/h4-5,7-8,18H,3,6,9-16H2,1-2H3,(H2,23,24,25). The molecule has 0 atom stereocenters. The predicted octanol–water partition coefficient (Wildman–Crippen LogP) is 3.63. The lowest BCUT2D eigenvalue weighted by atomic mass is 10.0. The fourth-order valence-corrected chi connectivity index (χ4v) is 3.41. The van der Waals surface area contributed by atoms with E-state index >= 15 is 0 Å². The summed E-state index contributed by atoms with van der Waals surface area (Å²) in [7, 11) is 0. The summed E-state index contributed by atoms with van der Waals surface area (Å²) in [6.45, 7) is 9.72. The van der Waals surface area contributed by atoms with Gasteiger partial charge in [-0.05, 0) is 45.1 Å². The van der Waals surface area contributed by atoms with Gasteiger partial charge in [-0.2, -0.15) is 0 Å². The van der Waals surface area contributed by atoms with Crippen LogP contribution >= 0.6 is 0 Å². The molecule has 1 saturated heterocycles. The molecular formula is C22H33N3O3. The average molecular weight is 388 g/mol. The smallest absolute Gasteiger partial charge is 0.191 e. The highest BCUT2D eigenvalue weighted by Crippen LogP contribution is 2.25. The van der Waals surface area contributed by atoms with E-state index in [0.717, 1.165) is 87.0 Å². The Morgan fingerprint density at radius 3 is 2.82 bits per heavy atom. The maximum atomic E-state index is 5.95. The summed E-state index contributed by atoms with van der Waals surface area (Å²) in [5.41, 5.74) is 2.08. The van der Waals surface area contributed by atoms with Crippen LogP contribution in [0, 0.1) is 12.8 Å². The number of benzene rings is 1. The Labute approximate surface area is 167 Å². The van der Waals surface area contributed by atoms with Crippen LogP contribution in [-0.2, 0) is 16.0 Å². The summed E-state index contributed by atoms with van der Waals surface area (Å²) >= 11 is 0. The number of hydrogen-bond acceptors (Lipinski definition) is 4. The monoisotopic (exact) mass is 387 g/mol. The van der Waals surface area contributed by atoms with Crippen molar-refractivity contribution in [1.82, 2.24) is 10.6 Å². The van der Waals surface area contributed by atoms with Crippen LogP contribution in [0.25, 0.3) is 11.0 Å². The molecule has 3 rings (SSSR count). The molecule has 1 fully saturated rings. The van der Waals surface area contributed by atoms with E-state index in [2.05, 4.69) is 35.5 Å². The van der Waals surface area contributed by atoms with E-state index in [1.54, 1.807) is 0 Å². The number of hydrogen-bond donors (Lipinski definition) is 2. The van der Waals surface area contributed by atoms with Crippen LogP contribution in [0.4, 0.5) is 0 Å². The molecule has 1 aliphatic rings. The molecule has 2 aromatic rings. The van der Waals surface area contributed by atoms with Crippen molar-refractivity contribution in [2.24, 2.45) is 10.9 Å². The van der Waals surface area contributed by atoms with Gasteiger partial charge in [-0.25, -0.2) is 4.99 Å². The van der Waals surface area contributed by atoms with Crippen LogP contribution in [0.15, 0.2) is 33.7 Å². The minimum absolute atomic E-state index is 0.524. The number of aliphatic imine (C=N–C) groups is 1. The van der Waals surface area contributed by atoms with Crippen molar-refractivity contribution in [3.8, 4) is 0 Å². The Bertz CT molecular complexity index is 751. The second-order valence-electron chi connectivity index (χ2n) is 7.25. The molecule has 0 radical (unpaired) electrons. The molecule has 1 aromatic carbocycles. The van der Waals surface area contributed by atoms with Crippen LogP contribution in [0.5, 0.6) is 0 Å². The van der Waals surface area contributed by atoms with Gasteiger partial charge in [0.05, 0.1) is 0 Å². The van der Waals surface area contributed by atoms with Crippen molar-refractivity contribution in [1.29, 1.82) is 0 Å². The highest BCUT2D eigenvalue weighted by atomic mass is 16.5. The van der Waals surface area contributed by atoms with E-state index in [4.69, 9.17) is 13.9 Å². The van der Waals surface area contributed by atoms with Crippen LogP contribution in [0.2, 0.25) is 0 Å². The minimum Gasteiger partial charge on any atom is -0.459 e. The zero-order chi connectivity index (χ0) is 19.6. The molecular weight excluding hydrogens is 354 g/mol. The number of nitrogens with one attached hydrogen (secondary N) is 2. The number of para-hydroxylation sites is 1. The molecule has 6 nitrogen and oxygen atoms in total. The second-order valence-corrected chi connectivity index (χ2v) is 7.25. The SMILES string of the molecule is CCNC(=NCc1oc2ccccc2c1C)NCCCOCC1CCOCC1. The van der Waals surface area contributed by atoms with Crippen LogP contribution in [-0.4, -0.2) is 45.5 Å². The third-order valence-electron chi connectivity index (χ3n) is 5.12. The van der Waals surface area contributed by atoms with Gasteiger partial charge in [0.15, 0.2) is 5.96 Å². The zero-order valence-corrected chi connectivity index (χ0v) is 17.1. The van der Waals surface area contributed by atoms with Crippen molar-refractivity contribution in [3.63, 3.8) is 0 Å². The molecule has 0 aliphatic carbocycles. The number of fused-ring (bicyclic) bond motifs is 1. The van der Waals surface area contributed by atoms with Crippen molar-refractivity contribution in [2.45, 2.75) is 39.7 Å². The summed E-state index contributed by atoms with van der Waals surface area (Å²) in [6.07, 6.45) is 3.20. The zero-order valence-electron chi connectivity index (χ0n) is 17.1. The van der Waals surface area contributed by atoms with E-state index in [1.807, 2.05) is 18.2 Å². The van der Waals surface area contributed by atoms with E-state index in [0.29, 0.717) is 12.5 Å². The Balaban J connectivity index is 1.41. The molecule has 0 bridgehead atoms. The average Bonchev–Trinajstić information content (AvgIpc) is 3.05. The molecule has 1 aromatic heterocycles. The van der Waals surface area contributed by atoms with E-state index in [9.17, 15) is 0 Å². The first kappa shape index (κ1) is 20.7. The topological polar surface area (TPSA) is 68.0 Å². The summed E-state index contributed by atoms with van der Waals surface area (Å²) in [4.78, 5) is 4.68. The minimum atomic E-state index is 0.524. The lowest BCUT2D eigenvalue weighted by Crippen LogP contribution is -2.38. The Hall–Kier alpha value is -2.05. The van der Waals surface area contributed by atoms with Crippen LogP contribution in [0.3, 0.4) is 0 Å². The number of ether oxygens (including phenoxy) is 2. The summed E-state index contributed by atoms with van der Waals surface area (Å²) in [5, 5.41) is 7.83. The van der Waals surface area contributed by atoms with Crippen LogP contribution in [0.1, 0.15) is 37.5 Å². The molecule has 2 heterocycles. The second kappa shape index (κ2) is 11.1. The Kier molecular flexibility index (Phi) is 8.18. The number of furan rings is 1. The number of aryl methyl sites for hydroxylation is 1. The number of rotatable bonds is 9. The molecule has 0 unspecified atom stereocenters. The van der Waals surface area contributed by atoms with Gasteiger partial charge in [-0.1, -0.05) is 18.2 Å². The molecule has 0 saturated carbocycles. The third kappa shape index (κ3) is 5.97. The first-order valence-electron chi connectivity index (χ1n) is 10.4. The van der Waals surface area contributed by atoms with Gasteiger partial charge in [-0.15, -0.1) is 0 Å². The lowest BCUT2D eigenvalue weighted by Gasteiger charge is -2.21. The van der Waals surface area contributed by atoms with Crippen molar-refractivity contribution < 1.29 is 13.9 Å². The number of nitrogens with zero attached hydrogens (tertiary/aromatic N) is 1. The molecule has 154 valence electrons. The molecule has 0 amide bonds. The van der Waals surface area contributed by atoms with E-state index in [-0.39, 0.29) is 0 Å². The summed E-state index contributed by atoms with van der Waals surface area (Å²) in [6, 6.07) is 8.12. The molecule has 1 aliphatic heterocycles. The van der Waals surface area contributed by atoms with Gasteiger partial charge in [0.25, 0.3) is 0 Å². The fraction of sp³-hybridized carbons (Fsp3) is 0.591. The molecule has 0 spiro atoms. The summed E-state index contributed by atoms with van der Waals surface area (Å²) in [5.74, 6) is 2.39. The fourth-order valence-electron chi connectivity index (χ4n) is 3.41. The maximum absolute atomic E-state index is 5.95. The van der Waals surface area contributed by atoms with Crippen molar-refractivity contribution >= 4 is 16.9 Å². The van der Waals surface area contributed by atoms with E-state index in [1.165, 1.54) is 0 Å². The van der Waals surface area contributed by atoms with Gasteiger partial charge in [0, 0.05) is 50.5 Å². The largest absolute Gasteiger partial charge is 0.459 e. The molecule has 6 heteroatoms. The predicted molar refractivity (Wildman–Crippen MR) is 113 cm³/mol. The van der Waals surface area contributed by atoms with Crippen LogP contribution < -0.4 is 10.6 Å². The van der Waals surface area contributed by atoms with Gasteiger partial charge in [0.2, 0.25) is 0 Å². The molecule has 28 heavy (non-hydrogen) atoms. The highest BCUT2D eigenvalue weighted by molar-refractivity contribution is 5.82. The first-order valence-corrected chi connectivity index (χ1v) is 10.4. The first-order chi connectivity index (χ1) is 13.8. The lowest BCUT2D eigenvalue weighted by molar-refractivity contribution is 0.0203. The van der Waals surface area contributed by atoms with Gasteiger partial charge in [-0.3, -0.25) is 0 Å². The maximum Gasteiger partial charge on any atom is 0.191 e. The third-order valence-corrected chi connectivity index (χ3v) is 5.12. The normalized spacial score (nSPS) is 15.9. The van der Waals surface area contributed by atoms with Gasteiger partial charge >= 0.3 is 0 Å². The van der Waals surface area contributed by atoms with Crippen molar-refractivity contribution in [2.75, 3.05) is 39.5 Å². The van der Waals surface area contributed by atoms with Gasteiger partial charge < -0.3 is 24.5 Å². The number of guanidine groups is 1. The molecule has 2 N–H and O–H groups in total. The quantitative estimate of drug-likeness (QED) is 0.391. The van der Waals surface area contributed by atoms with Gasteiger partial charge in [0.1, 0.15) is 17.9 Å². The Morgan fingerprint density at radius 2 is 2.04 bits per heavy atom.